The summed E-state index contributed by atoms with van der Waals surface area (Å²) in [4.78, 5) is 32.9. The predicted molar refractivity (Wildman–Crippen MR) is 54.1 cm³/mol. The van der Waals surface area contributed by atoms with Gasteiger partial charge in [-0.25, -0.2) is 0 Å². The van der Waals surface area contributed by atoms with Gasteiger partial charge < -0.3 is 10.1 Å². The van der Waals surface area contributed by atoms with Crippen molar-refractivity contribution < 1.29 is 19.1 Å². The summed E-state index contributed by atoms with van der Waals surface area (Å²) >= 11 is 0. The molecule has 0 heterocycles. The third kappa shape index (κ3) is 5.83. The second-order valence-corrected chi connectivity index (χ2v) is 3.30. The third-order valence-electron chi connectivity index (χ3n) is 2.01. The Bertz CT molecular complexity index is 250. The van der Waals surface area contributed by atoms with E-state index in [-0.39, 0.29) is 18.1 Å². The van der Waals surface area contributed by atoms with Crippen molar-refractivity contribution >= 4 is 17.7 Å². The Balaban J connectivity index is 3.74. The zero-order chi connectivity index (χ0) is 11.8. The first kappa shape index (κ1) is 13.6. The van der Waals surface area contributed by atoms with Gasteiger partial charge in [0.15, 0.2) is 0 Å². The molecule has 5 nitrogen and oxygen atoms in total. The molecule has 0 aliphatic carbocycles. The molecule has 86 valence electrons. The number of rotatable bonds is 6. The fourth-order valence-electron chi connectivity index (χ4n) is 1.05. The Labute approximate surface area is 89.2 Å². The number of Topliss-reactive ketones (excluding diaryl/α,β-unsaturated/α-hetero) is 1. The van der Waals surface area contributed by atoms with Crippen LogP contribution in [0.15, 0.2) is 0 Å². The van der Waals surface area contributed by atoms with Crippen molar-refractivity contribution in [3.05, 3.63) is 0 Å². The first-order valence-electron chi connectivity index (χ1n) is 4.84. The van der Waals surface area contributed by atoms with E-state index in [1.165, 1.54) is 21.0 Å². The minimum atomic E-state index is -0.715. The zero-order valence-electron chi connectivity index (χ0n) is 9.33. The standard InChI is InChI=1S/C10H17NO4/c1-7(10(14)15-3)9(13)5-4-6-11-8(2)12/h7H,4-6H2,1-3H3,(H,11,12)/t7-/m0/s1. The van der Waals surface area contributed by atoms with Crippen LogP contribution in [-0.2, 0) is 19.1 Å². The maximum absolute atomic E-state index is 11.4. The maximum atomic E-state index is 11.4. The Morgan fingerprint density at radius 3 is 2.40 bits per heavy atom. The minimum Gasteiger partial charge on any atom is -0.468 e. The van der Waals surface area contributed by atoms with Gasteiger partial charge >= 0.3 is 5.97 Å². The number of esters is 1. The number of carbonyl (C=O) groups excluding carboxylic acids is 3. The lowest BCUT2D eigenvalue weighted by molar-refractivity contribution is -0.148. The highest BCUT2D eigenvalue weighted by atomic mass is 16.5. The van der Waals surface area contributed by atoms with E-state index in [0.717, 1.165) is 0 Å². The van der Waals surface area contributed by atoms with E-state index in [1.54, 1.807) is 0 Å². The molecule has 0 bridgehead atoms. The van der Waals surface area contributed by atoms with Gasteiger partial charge in [0.25, 0.3) is 0 Å². The summed E-state index contributed by atoms with van der Waals surface area (Å²) in [5, 5.41) is 2.58. The quantitative estimate of drug-likeness (QED) is 0.392. The molecule has 0 aliphatic heterocycles. The topological polar surface area (TPSA) is 72.5 Å². The highest BCUT2D eigenvalue weighted by Crippen LogP contribution is 2.04. The van der Waals surface area contributed by atoms with Crippen molar-refractivity contribution in [2.45, 2.75) is 26.7 Å². The van der Waals surface area contributed by atoms with Gasteiger partial charge in [-0.2, -0.15) is 0 Å². The second-order valence-electron chi connectivity index (χ2n) is 3.30. The van der Waals surface area contributed by atoms with Crippen molar-refractivity contribution in [3.63, 3.8) is 0 Å². The fraction of sp³-hybridized carbons (Fsp3) is 0.700. The lowest BCUT2D eigenvalue weighted by Crippen LogP contribution is -2.25. The molecular weight excluding hydrogens is 198 g/mol. The Hall–Kier alpha value is -1.39. The van der Waals surface area contributed by atoms with Crippen LogP contribution >= 0.6 is 0 Å². The Morgan fingerprint density at radius 2 is 1.93 bits per heavy atom. The number of carbonyl (C=O) groups is 3. The van der Waals surface area contributed by atoms with Crippen LogP contribution in [-0.4, -0.2) is 31.3 Å². The van der Waals surface area contributed by atoms with Crippen molar-refractivity contribution in [2.75, 3.05) is 13.7 Å². The first-order valence-corrected chi connectivity index (χ1v) is 4.84. The number of ether oxygens (including phenoxy) is 1. The van der Waals surface area contributed by atoms with Crippen molar-refractivity contribution in [1.82, 2.24) is 5.32 Å². The van der Waals surface area contributed by atoms with E-state index in [4.69, 9.17) is 0 Å². The van der Waals surface area contributed by atoms with Crippen LogP contribution in [0.3, 0.4) is 0 Å². The van der Waals surface area contributed by atoms with Crippen LogP contribution in [0.5, 0.6) is 0 Å². The SMILES string of the molecule is COC(=O)[C@@H](C)C(=O)CCCNC(C)=O. The van der Waals surface area contributed by atoms with Crippen molar-refractivity contribution in [1.29, 1.82) is 0 Å². The monoisotopic (exact) mass is 215 g/mol. The van der Waals surface area contributed by atoms with E-state index < -0.39 is 11.9 Å². The van der Waals surface area contributed by atoms with Gasteiger partial charge in [-0.1, -0.05) is 0 Å². The van der Waals surface area contributed by atoms with Crippen LogP contribution in [0.4, 0.5) is 0 Å². The molecule has 1 amide bonds. The van der Waals surface area contributed by atoms with E-state index in [9.17, 15) is 14.4 Å². The van der Waals surface area contributed by atoms with E-state index >= 15 is 0 Å². The van der Waals surface area contributed by atoms with Gasteiger partial charge in [0.2, 0.25) is 5.91 Å². The molecule has 0 spiro atoms. The average molecular weight is 215 g/mol. The minimum absolute atomic E-state index is 0.122. The molecule has 1 N–H and O–H groups in total. The summed E-state index contributed by atoms with van der Waals surface area (Å²) in [7, 11) is 1.25. The van der Waals surface area contributed by atoms with Gasteiger partial charge in [-0.3, -0.25) is 14.4 Å². The van der Waals surface area contributed by atoms with Gasteiger partial charge in [0.05, 0.1) is 7.11 Å². The molecule has 0 radical (unpaired) electrons. The van der Waals surface area contributed by atoms with Gasteiger partial charge in [-0.05, 0) is 13.3 Å². The second kappa shape index (κ2) is 6.98. The summed E-state index contributed by atoms with van der Waals surface area (Å²) in [5.41, 5.74) is 0. The third-order valence-corrected chi connectivity index (χ3v) is 2.01. The number of hydrogen-bond acceptors (Lipinski definition) is 4. The predicted octanol–water partition coefficient (Wildman–Crippen LogP) is 0.281. The maximum Gasteiger partial charge on any atom is 0.315 e. The number of nitrogens with one attached hydrogen (secondary N) is 1. The van der Waals surface area contributed by atoms with Crippen LogP contribution < -0.4 is 5.32 Å². The molecule has 0 saturated carbocycles. The van der Waals surface area contributed by atoms with Gasteiger partial charge in [0.1, 0.15) is 11.7 Å². The zero-order valence-corrected chi connectivity index (χ0v) is 9.33. The molecule has 0 aromatic rings. The molecular formula is C10H17NO4. The lowest BCUT2D eigenvalue weighted by Gasteiger charge is -2.07. The van der Waals surface area contributed by atoms with Crippen molar-refractivity contribution in [3.8, 4) is 0 Å². The van der Waals surface area contributed by atoms with Crippen LogP contribution in [0, 0.1) is 5.92 Å². The number of methoxy groups -OCH3 is 1. The summed E-state index contributed by atoms with van der Waals surface area (Å²) in [6.07, 6.45) is 0.816. The number of amides is 1. The fourth-order valence-corrected chi connectivity index (χ4v) is 1.05. The van der Waals surface area contributed by atoms with Crippen LogP contribution in [0.1, 0.15) is 26.7 Å². The molecule has 0 aliphatic rings. The summed E-state index contributed by atoms with van der Waals surface area (Å²) in [5.74, 6) is -1.51. The Kier molecular flexibility index (Phi) is 6.33. The molecule has 1 atom stereocenters. The highest BCUT2D eigenvalue weighted by molar-refractivity contribution is 5.98. The summed E-state index contributed by atoms with van der Waals surface area (Å²) in [6.45, 7) is 3.39. The van der Waals surface area contributed by atoms with Crippen LogP contribution in [0.2, 0.25) is 0 Å². The highest BCUT2D eigenvalue weighted by Gasteiger charge is 2.20. The molecule has 0 unspecified atom stereocenters. The van der Waals surface area contributed by atoms with E-state index in [1.807, 2.05) is 0 Å². The molecule has 15 heavy (non-hydrogen) atoms. The molecule has 0 fully saturated rings. The van der Waals surface area contributed by atoms with Gasteiger partial charge in [-0.15, -0.1) is 0 Å². The van der Waals surface area contributed by atoms with E-state index in [0.29, 0.717) is 13.0 Å². The molecule has 0 aromatic carbocycles. The number of hydrogen-bond donors (Lipinski definition) is 1. The van der Waals surface area contributed by atoms with Crippen molar-refractivity contribution in [2.24, 2.45) is 5.92 Å². The normalized spacial score (nSPS) is 11.7. The van der Waals surface area contributed by atoms with Crippen LogP contribution in [0.25, 0.3) is 0 Å². The molecule has 0 aromatic heterocycles. The Morgan fingerprint density at radius 1 is 1.33 bits per heavy atom. The first-order chi connectivity index (χ1) is 6.99. The summed E-state index contributed by atoms with van der Waals surface area (Å²) in [6, 6.07) is 0. The molecule has 5 heteroatoms. The summed E-state index contributed by atoms with van der Waals surface area (Å²) < 4.78 is 4.45. The molecule has 0 saturated heterocycles. The van der Waals surface area contributed by atoms with Gasteiger partial charge in [0, 0.05) is 19.9 Å². The number of ketones is 1. The largest absolute Gasteiger partial charge is 0.468 e. The van der Waals surface area contributed by atoms with E-state index in [2.05, 4.69) is 10.1 Å². The smallest absolute Gasteiger partial charge is 0.315 e. The molecule has 0 rings (SSSR count). The average Bonchev–Trinajstić information content (AvgIpc) is 2.21. The lowest BCUT2D eigenvalue weighted by atomic mass is 10.0.